The number of rotatable bonds is 3. The molecule has 128 valence electrons. The van der Waals surface area contributed by atoms with Crippen LogP contribution in [0.25, 0.3) is 10.8 Å². The van der Waals surface area contributed by atoms with Crippen LogP contribution in [0.3, 0.4) is 0 Å². The van der Waals surface area contributed by atoms with Crippen LogP contribution < -0.4 is 5.56 Å². The zero-order valence-electron chi connectivity index (χ0n) is 13.6. The van der Waals surface area contributed by atoms with Crippen LogP contribution in [0.5, 0.6) is 0 Å². The molecule has 2 heterocycles. The molecule has 1 atom stereocenters. The van der Waals surface area contributed by atoms with Crippen LogP contribution in [0, 0.1) is 6.92 Å². The zero-order chi connectivity index (χ0) is 17.5. The summed E-state index contributed by atoms with van der Waals surface area (Å²) in [5.74, 6) is -0.238. The summed E-state index contributed by atoms with van der Waals surface area (Å²) in [5, 5.41) is 5.50. The first-order valence-corrected chi connectivity index (χ1v) is 9.53. The third kappa shape index (κ3) is 3.06. The number of carbonyl (C=O) groups excluding carboxylic acids is 1. The molecule has 0 radical (unpaired) electrons. The van der Waals surface area contributed by atoms with Crippen molar-refractivity contribution in [1.82, 2.24) is 14.7 Å². The van der Waals surface area contributed by atoms with Gasteiger partial charge in [0.2, 0.25) is 5.91 Å². The Morgan fingerprint density at radius 3 is 2.62 bits per heavy atom. The van der Waals surface area contributed by atoms with E-state index >= 15 is 0 Å². The lowest BCUT2D eigenvalue weighted by Gasteiger charge is -2.23. The van der Waals surface area contributed by atoms with Crippen molar-refractivity contribution in [1.29, 1.82) is 0 Å². The van der Waals surface area contributed by atoms with Crippen molar-refractivity contribution >= 4 is 26.5 Å². The summed E-state index contributed by atoms with van der Waals surface area (Å²) >= 11 is 0. The second kappa shape index (κ2) is 6.01. The molecule has 24 heavy (non-hydrogen) atoms. The molecule has 1 aliphatic rings. The minimum absolute atomic E-state index is 0.0195. The molecule has 3 rings (SSSR count). The Kier molecular flexibility index (Phi) is 4.16. The Bertz CT molecular complexity index is 965. The van der Waals surface area contributed by atoms with E-state index in [9.17, 15) is 18.0 Å². The van der Waals surface area contributed by atoms with Gasteiger partial charge in [-0.25, -0.2) is 13.1 Å². The smallest absolute Gasteiger partial charge is 0.275 e. The summed E-state index contributed by atoms with van der Waals surface area (Å²) in [6.07, 6.45) is 0.434. The molecular weight excluding hydrogens is 330 g/mol. The Balaban J connectivity index is 1.86. The first-order valence-electron chi connectivity index (χ1n) is 7.71. The molecular formula is C16H19N3O4S. The summed E-state index contributed by atoms with van der Waals surface area (Å²) in [6, 6.07) is 6.80. The Hall–Kier alpha value is -2.22. The summed E-state index contributed by atoms with van der Waals surface area (Å²) in [6.45, 7) is 1.59. The third-order valence-electron chi connectivity index (χ3n) is 4.49. The number of amides is 1. The van der Waals surface area contributed by atoms with Gasteiger partial charge in [-0.2, -0.15) is 5.10 Å². The van der Waals surface area contributed by atoms with Crippen molar-refractivity contribution < 1.29 is 13.2 Å². The van der Waals surface area contributed by atoms with Crippen LogP contribution in [-0.2, 0) is 21.2 Å². The maximum absolute atomic E-state index is 12.5. The lowest BCUT2D eigenvalue weighted by Crippen LogP contribution is -2.41. The van der Waals surface area contributed by atoms with Crippen molar-refractivity contribution in [3.05, 3.63) is 40.3 Å². The van der Waals surface area contributed by atoms with Gasteiger partial charge in [0, 0.05) is 18.5 Å². The van der Waals surface area contributed by atoms with E-state index in [-0.39, 0.29) is 35.6 Å². The van der Waals surface area contributed by atoms with Gasteiger partial charge in [0.05, 0.1) is 22.6 Å². The minimum Gasteiger partial charge on any atom is -0.340 e. The number of nitrogens with zero attached hydrogens (tertiary/aromatic N) is 3. The number of hydrogen-bond acceptors (Lipinski definition) is 5. The highest BCUT2D eigenvalue weighted by Gasteiger charge is 2.32. The van der Waals surface area contributed by atoms with Crippen molar-refractivity contribution in [2.45, 2.75) is 25.9 Å². The van der Waals surface area contributed by atoms with E-state index in [4.69, 9.17) is 0 Å². The highest BCUT2D eigenvalue weighted by atomic mass is 32.2. The van der Waals surface area contributed by atoms with E-state index in [1.165, 1.54) is 4.90 Å². The summed E-state index contributed by atoms with van der Waals surface area (Å²) < 4.78 is 24.3. The van der Waals surface area contributed by atoms with E-state index in [1.807, 2.05) is 12.1 Å². The van der Waals surface area contributed by atoms with Gasteiger partial charge in [-0.1, -0.05) is 18.2 Å². The van der Waals surface area contributed by atoms with E-state index < -0.39 is 9.84 Å². The lowest BCUT2D eigenvalue weighted by molar-refractivity contribution is -0.132. The van der Waals surface area contributed by atoms with Crippen LogP contribution in [0.4, 0.5) is 0 Å². The van der Waals surface area contributed by atoms with E-state index in [0.29, 0.717) is 17.5 Å². The molecule has 1 aromatic heterocycles. The van der Waals surface area contributed by atoms with Crippen molar-refractivity contribution in [2.24, 2.45) is 0 Å². The molecule has 0 N–H and O–H groups in total. The van der Waals surface area contributed by atoms with Gasteiger partial charge in [-0.3, -0.25) is 9.59 Å². The molecule has 1 aliphatic heterocycles. The summed E-state index contributed by atoms with van der Waals surface area (Å²) in [5.41, 5.74) is 0.348. The van der Waals surface area contributed by atoms with Crippen LogP contribution >= 0.6 is 0 Å². The standard InChI is InChI=1S/C16H19N3O4S/c1-11-13-5-3-4-6-14(13)16(21)19(17-11)9-15(20)18(2)12-7-8-24(22,23)10-12/h3-6,12H,7-10H2,1-2H3/t12-/m1/s1. The molecule has 0 unspecified atom stereocenters. The second-order valence-corrected chi connectivity index (χ2v) is 8.38. The quantitative estimate of drug-likeness (QED) is 0.798. The van der Waals surface area contributed by atoms with Crippen molar-refractivity contribution in [3.8, 4) is 0 Å². The Morgan fingerprint density at radius 2 is 2.00 bits per heavy atom. The van der Waals surface area contributed by atoms with Crippen molar-refractivity contribution in [2.75, 3.05) is 18.6 Å². The van der Waals surface area contributed by atoms with Gasteiger partial charge in [-0.05, 0) is 19.4 Å². The molecule has 0 spiro atoms. The van der Waals surface area contributed by atoms with Gasteiger partial charge >= 0.3 is 0 Å². The number of aromatic nitrogens is 2. The first-order chi connectivity index (χ1) is 11.3. The fourth-order valence-electron chi connectivity index (χ4n) is 3.04. The third-order valence-corrected chi connectivity index (χ3v) is 6.24. The topological polar surface area (TPSA) is 89.3 Å². The molecule has 8 heteroatoms. The second-order valence-electron chi connectivity index (χ2n) is 6.16. The first kappa shape index (κ1) is 16.6. The average Bonchev–Trinajstić information content (AvgIpc) is 2.91. The highest BCUT2D eigenvalue weighted by molar-refractivity contribution is 7.91. The maximum atomic E-state index is 12.5. The lowest BCUT2D eigenvalue weighted by atomic mass is 10.1. The minimum atomic E-state index is -3.07. The normalized spacial score (nSPS) is 19.5. The van der Waals surface area contributed by atoms with E-state index in [2.05, 4.69) is 5.10 Å². The number of aryl methyl sites for hydroxylation is 1. The molecule has 0 saturated carbocycles. The van der Waals surface area contributed by atoms with E-state index in [0.717, 1.165) is 10.1 Å². The summed E-state index contributed by atoms with van der Waals surface area (Å²) in [4.78, 5) is 26.4. The molecule has 1 aromatic carbocycles. The van der Waals surface area contributed by atoms with Crippen LogP contribution in [0.2, 0.25) is 0 Å². The highest BCUT2D eigenvalue weighted by Crippen LogP contribution is 2.17. The van der Waals surface area contributed by atoms with Gasteiger partial charge in [0.25, 0.3) is 5.56 Å². The van der Waals surface area contributed by atoms with E-state index in [1.54, 1.807) is 26.1 Å². The molecule has 0 aliphatic carbocycles. The van der Waals surface area contributed by atoms with Crippen LogP contribution in [0.15, 0.2) is 29.1 Å². The molecule has 0 bridgehead atoms. The summed E-state index contributed by atoms with van der Waals surface area (Å²) in [7, 11) is -1.49. The number of carbonyl (C=O) groups is 1. The fourth-order valence-corrected chi connectivity index (χ4v) is 4.81. The number of benzene rings is 1. The fraction of sp³-hybridized carbons (Fsp3) is 0.438. The molecule has 7 nitrogen and oxygen atoms in total. The van der Waals surface area contributed by atoms with Crippen molar-refractivity contribution in [3.63, 3.8) is 0 Å². The SMILES string of the molecule is Cc1nn(CC(=O)N(C)[C@@H]2CCS(=O)(=O)C2)c(=O)c2ccccc12. The molecule has 1 saturated heterocycles. The molecule has 1 fully saturated rings. The average molecular weight is 349 g/mol. The largest absolute Gasteiger partial charge is 0.340 e. The number of fused-ring (bicyclic) bond motifs is 1. The number of sulfone groups is 1. The van der Waals surface area contributed by atoms with Gasteiger partial charge in [0.1, 0.15) is 6.54 Å². The van der Waals surface area contributed by atoms with Gasteiger partial charge in [-0.15, -0.1) is 0 Å². The zero-order valence-corrected chi connectivity index (χ0v) is 14.4. The number of likely N-dealkylation sites (N-methyl/N-ethyl adjacent to an activating group) is 1. The molecule has 2 aromatic rings. The number of hydrogen-bond donors (Lipinski definition) is 0. The van der Waals surface area contributed by atoms with Gasteiger partial charge < -0.3 is 4.90 Å². The maximum Gasteiger partial charge on any atom is 0.275 e. The monoisotopic (exact) mass is 349 g/mol. The molecule has 1 amide bonds. The van der Waals surface area contributed by atoms with Crippen LogP contribution in [-0.4, -0.2) is 53.6 Å². The Labute approximate surface area is 139 Å². The Morgan fingerprint density at radius 1 is 1.33 bits per heavy atom. The predicted octanol–water partition coefficient (Wildman–Crippen LogP) is 0.350. The predicted molar refractivity (Wildman–Crippen MR) is 90.6 cm³/mol. The van der Waals surface area contributed by atoms with Crippen LogP contribution in [0.1, 0.15) is 12.1 Å². The van der Waals surface area contributed by atoms with Gasteiger partial charge in [0.15, 0.2) is 9.84 Å².